The van der Waals surface area contributed by atoms with Crippen molar-refractivity contribution < 1.29 is 9.84 Å². The summed E-state index contributed by atoms with van der Waals surface area (Å²) in [4.78, 5) is 0. The van der Waals surface area contributed by atoms with Gasteiger partial charge >= 0.3 is 0 Å². The molecule has 0 aromatic rings. The third kappa shape index (κ3) is 6.05. The van der Waals surface area contributed by atoms with Crippen LogP contribution in [-0.2, 0) is 4.74 Å². The second kappa shape index (κ2) is 7.03. The van der Waals surface area contributed by atoms with E-state index in [-0.39, 0.29) is 0 Å². The Hall–Kier alpha value is -0.0800. The molecule has 10 heavy (non-hydrogen) atoms. The zero-order valence-electron chi connectivity index (χ0n) is 6.55. The topological polar surface area (TPSA) is 29.5 Å². The molecule has 2 nitrogen and oxygen atoms in total. The van der Waals surface area contributed by atoms with Gasteiger partial charge in [-0.05, 0) is 12.8 Å². The number of aliphatic hydroxyl groups is 1. The summed E-state index contributed by atoms with van der Waals surface area (Å²) in [5, 5.41) is 9.00. The summed E-state index contributed by atoms with van der Waals surface area (Å²) in [6.07, 6.45) is 2.66. The molecule has 0 aromatic carbocycles. The minimum Gasteiger partial charge on any atom is -0.368 e. The molecule has 0 spiro atoms. The van der Waals surface area contributed by atoms with E-state index in [1.54, 1.807) is 6.61 Å². The van der Waals surface area contributed by atoms with Crippen LogP contribution in [0.5, 0.6) is 0 Å². The minimum atomic E-state index is -0.614. The van der Waals surface area contributed by atoms with Gasteiger partial charge in [-0.1, -0.05) is 26.7 Å². The Labute approximate surface area is 63.2 Å². The Morgan fingerprint density at radius 3 is 2.90 bits per heavy atom. The van der Waals surface area contributed by atoms with E-state index in [0.717, 1.165) is 19.3 Å². The van der Waals surface area contributed by atoms with Gasteiger partial charge in [0.05, 0.1) is 6.61 Å². The van der Waals surface area contributed by atoms with Crippen molar-refractivity contribution >= 4 is 0 Å². The van der Waals surface area contributed by atoms with Crippen LogP contribution < -0.4 is 0 Å². The Morgan fingerprint density at radius 2 is 2.40 bits per heavy atom. The molecule has 0 aliphatic rings. The maximum absolute atomic E-state index is 9.00. The van der Waals surface area contributed by atoms with E-state index < -0.39 is 6.29 Å². The summed E-state index contributed by atoms with van der Waals surface area (Å²) in [5.41, 5.74) is 0. The van der Waals surface area contributed by atoms with Gasteiger partial charge in [-0.15, -0.1) is 0 Å². The fourth-order valence-electron chi connectivity index (χ4n) is 0.577. The minimum absolute atomic E-state index is 0.614. The molecule has 1 N–H and O–H groups in total. The molecule has 0 saturated carbocycles. The van der Waals surface area contributed by atoms with Gasteiger partial charge < -0.3 is 9.84 Å². The average Bonchev–Trinajstić information content (AvgIpc) is 1.89. The van der Waals surface area contributed by atoms with E-state index >= 15 is 0 Å². The lowest BCUT2D eigenvalue weighted by Crippen LogP contribution is -2.08. The van der Waals surface area contributed by atoms with Crippen LogP contribution in [0.3, 0.4) is 0 Å². The normalized spacial score (nSPS) is 13.5. The Bertz CT molecular complexity index is 64.3. The predicted molar refractivity (Wildman–Crippen MR) is 40.9 cm³/mol. The molecule has 0 aromatic heterocycles. The molecule has 2 radical (unpaired) electrons. The number of rotatable bonds is 6. The molecule has 0 rings (SSSR count). The Morgan fingerprint density at radius 1 is 1.70 bits per heavy atom. The third-order valence-corrected chi connectivity index (χ3v) is 1.11. The smallest absolute Gasteiger partial charge is 0.155 e. The average molecular weight is 144 g/mol. The number of ether oxygens (including phenoxy) is 1. The number of aliphatic hydroxyl groups excluding tert-OH is 1. The second-order valence-electron chi connectivity index (χ2n) is 2.19. The van der Waals surface area contributed by atoms with E-state index in [2.05, 4.69) is 6.92 Å². The first-order chi connectivity index (χ1) is 4.81. The van der Waals surface area contributed by atoms with Gasteiger partial charge in [-0.2, -0.15) is 0 Å². The molecule has 0 fully saturated rings. The molecule has 0 bridgehead atoms. The summed E-state index contributed by atoms with van der Waals surface area (Å²) in [5.74, 6) is 0. The summed E-state index contributed by atoms with van der Waals surface area (Å²) >= 11 is 0. The molecule has 0 saturated heterocycles. The van der Waals surface area contributed by atoms with Crippen molar-refractivity contribution in [2.75, 3.05) is 0 Å². The molecule has 1 unspecified atom stereocenters. The Kier molecular flexibility index (Phi) is 6.98. The summed E-state index contributed by atoms with van der Waals surface area (Å²) in [7, 11) is 0. The summed E-state index contributed by atoms with van der Waals surface area (Å²) < 4.78 is 4.91. The number of hydrogen-bond acceptors (Lipinski definition) is 2. The Balaban J connectivity index is 2.97. The van der Waals surface area contributed by atoms with Crippen molar-refractivity contribution in [3.05, 3.63) is 13.5 Å². The van der Waals surface area contributed by atoms with Gasteiger partial charge in [0.15, 0.2) is 6.29 Å². The third-order valence-electron chi connectivity index (χ3n) is 1.11. The van der Waals surface area contributed by atoms with Gasteiger partial charge in [-0.25, -0.2) is 0 Å². The fourth-order valence-corrected chi connectivity index (χ4v) is 0.577. The molecule has 1 atom stereocenters. The first-order valence-corrected chi connectivity index (χ1v) is 3.75. The maximum Gasteiger partial charge on any atom is 0.155 e. The predicted octanol–water partition coefficient (Wildman–Crippen LogP) is 1.90. The summed E-state index contributed by atoms with van der Waals surface area (Å²) in [6, 6.07) is 0. The molecule has 0 aliphatic heterocycles. The highest BCUT2D eigenvalue weighted by molar-refractivity contribution is 4.53. The molecular weight excluding hydrogens is 128 g/mol. The number of unbranched alkanes of at least 4 members (excludes halogenated alkanes) is 1. The lowest BCUT2D eigenvalue weighted by Gasteiger charge is -2.08. The monoisotopic (exact) mass is 144 g/mol. The van der Waals surface area contributed by atoms with Crippen LogP contribution in [0.4, 0.5) is 0 Å². The van der Waals surface area contributed by atoms with Gasteiger partial charge in [0, 0.05) is 0 Å². The first-order valence-electron chi connectivity index (χ1n) is 3.75. The molecule has 0 amide bonds. The van der Waals surface area contributed by atoms with Crippen LogP contribution in [0, 0.1) is 13.5 Å². The van der Waals surface area contributed by atoms with Crippen LogP contribution in [0.25, 0.3) is 0 Å². The highest BCUT2D eigenvalue weighted by Gasteiger charge is 2.00. The largest absolute Gasteiger partial charge is 0.368 e. The van der Waals surface area contributed by atoms with Crippen molar-refractivity contribution in [3.8, 4) is 0 Å². The zero-order valence-corrected chi connectivity index (χ0v) is 6.55. The van der Waals surface area contributed by atoms with Crippen LogP contribution in [-0.4, -0.2) is 11.4 Å². The highest BCUT2D eigenvalue weighted by Crippen LogP contribution is 2.02. The molecular formula is C8H16O2. The fraction of sp³-hybridized carbons (Fsp3) is 0.750. The van der Waals surface area contributed by atoms with Crippen molar-refractivity contribution in [3.63, 3.8) is 0 Å². The quantitative estimate of drug-likeness (QED) is 0.455. The maximum atomic E-state index is 9.00. The van der Waals surface area contributed by atoms with Crippen LogP contribution >= 0.6 is 0 Å². The first kappa shape index (κ1) is 9.92. The van der Waals surface area contributed by atoms with Crippen LogP contribution in [0.2, 0.25) is 0 Å². The lowest BCUT2D eigenvalue weighted by molar-refractivity contribution is -0.0771. The molecule has 2 heteroatoms. The number of hydrogen-bond donors (Lipinski definition) is 1. The van der Waals surface area contributed by atoms with Crippen molar-refractivity contribution in [1.82, 2.24) is 0 Å². The molecule has 0 heterocycles. The summed E-state index contributed by atoms with van der Waals surface area (Å²) in [6.45, 7) is 7.26. The van der Waals surface area contributed by atoms with Gasteiger partial charge in [-0.3, -0.25) is 0 Å². The standard InChI is InChI=1S/C8H16O2/c1-3-5-7-10-8(9)6-4-2/h7-9H,1,3-6H2,2H3. The molecule has 0 aliphatic carbocycles. The van der Waals surface area contributed by atoms with Crippen molar-refractivity contribution in [2.45, 2.75) is 38.9 Å². The SMILES string of the molecule is [CH2]CC[CH]OC(O)CCC. The van der Waals surface area contributed by atoms with E-state index in [0.29, 0.717) is 6.42 Å². The van der Waals surface area contributed by atoms with Crippen molar-refractivity contribution in [2.24, 2.45) is 0 Å². The van der Waals surface area contributed by atoms with Gasteiger partial charge in [0.25, 0.3) is 0 Å². The van der Waals surface area contributed by atoms with Crippen LogP contribution in [0.1, 0.15) is 32.6 Å². The molecule has 60 valence electrons. The van der Waals surface area contributed by atoms with Gasteiger partial charge in [0.2, 0.25) is 0 Å². The van der Waals surface area contributed by atoms with E-state index in [1.807, 2.05) is 6.92 Å². The lowest BCUT2D eigenvalue weighted by atomic mass is 10.3. The van der Waals surface area contributed by atoms with E-state index in [4.69, 9.17) is 9.84 Å². The second-order valence-corrected chi connectivity index (χ2v) is 2.19. The highest BCUT2D eigenvalue weighted by atomic mass is 16.6. The van der Waals surface area contributed by atoms with Crippen LogP contribution in [0.15, 0.2) is 0 Å². The van der Waals surface area contributed by atoms with Crippen molar-refractivity contribution in [1.29, 1.82) is 0 Å². The zero-order chi connectivity index (χ0) is 7.82. The van der Waals surface area contributed by atoms with Gasteiger partial charge in [0.1, 0.15) is 0 Å². The van der Waals surface area contributed by atoms with E-state index in [1.165, 1.54) is 0 Å². The van der Waals surface area contributed by atoms with E-state index in [9.17, 15) is 0 Å².